The Morgan fingerprint density at radius 2 is 1.93 bits per heavy atom. The van der Waals surface area contributed by atoms with Crippen molar-refractivity contribution in [1.82, 2.24) is 14.7 Å². The van der Waals surface area contributed by atoms with Gasteiger partial charge < -0.3 is 24.5 Å². The SMILES string of the molecule is C=C/C=C(\O)C(=O)N1CCN(/C=C(\C(=O)OCC)C(=O)N(CC2=CC=C(F)C=C=C2)C/C(C)=C\C=C/N=C)CC1. The molecule has 0 aromatic heterocycles. The number of ether oxygens (including phenoxy) is 1. The van der Waals surface area contributed by atoms with E-state index in [1.165, 1.54) is 46.5 Å². The maximum Gasteiger partial charge on any atom is 0.345 e. The van der Waals surface area contributed by atoms with Gasteiger partial charge in [0.05, 0.1) is 6.61 Å². The van der Waals surface area contributed by atoms with Crippen LogP contribution in [0.15, 0.2) is 107 Å². The van der Waals surface area contributed by atoms with Crippen LogP contribution in [-0.4, -0.2) is 90.2 Å². The molecule has 0 bridgehead atoms. The highest BCUT2D eigenvalue weighted by atomic mass is 19.1. The van der Waals surface area contributed by atoms with Crippen molar-refractivity contribution >= 4 is 24.5 Å². The number of aliphatic imine (C=N–C) groups is 1. The van der Waals surface area contributed by atoms with E-state index in [2.05, 4.69) is 24.0 Å². The summed E-state index contributed by atoms with van der Waals surface area (Å²) in [4.78, 5) is 47.5. The van der Waals surface area contributed by atoms with Gasteiger partial charge in [0, 0.05) is 57.7 Å². The third-order valence-electron chi connectivity index (χ3n) is 5.75. The van der Waals surface area contributed by atoms with E-state index >= 15 is 0 Å². The molecule has 40 heavy (non-hydrogen) atoms. The molecule has 2 amide bonds. The van der Waals surface area contributed by atoms with E-state index in [0.29, 0.717) is 18.7 Å². The minimum absolute atomic E-state index is 0.0711. The third kappa shape index (κ3) is 9.89. The number of carbonyl (C=O) groups is 3. The molecule has 9 nitrogen and oxygen atoms in total. The number of hydrogen-bond donors (Lipinski definition) is 1. The Hall–Kier alpha value is -4.69. The van der Waals surface area contributed by atoms with Crippen LogP contribution in [0.4, 0.5) is 4.39 Å². The summed E-state index contributed by atoms with van der Waals surface area (Å²) in [5, 5.41) is 9.86. The number of carbonyl (C=O) groups excluding carboxylic acids is 3. The Kier molecular flexibility index (Phi) is 12.9. The van der Waals surface area contributed by atoms with E-state index < -0.39 is 29.4 Å². The van der Waals surface area contributed by atoms with Gasteiger partial charge in [-0.15, -0.1) is 5.73 Å². The highest BCUT2D eigenvalue weighted by Gasteiger charge is 2.29. The van der Waals surface area contributed by atoms with Gasteiger partial charge in [-0.1, -0.05) is 30.4 Å². The number of allylic oxidation sites excluding steroid dienone is 7. The summed E-state index contributed by atoms with van der Waals surface area (Å²) in [6.45, 7) is 11.8. The lowest BCUT2D eigenvalue weighted by atomic mass is 10.1. The molecular weight excluding hydrogens is 515 g/mol. The number of nitrogens with zero attached hydrogens (tertiary/aromatic N) is 4. The zero-order valence-corrected chi connectivity index (χ0v) is 22.9. The van der Waals surface area contributed by atoms with Gasteiger partial charge in [-0.05, 0) is 50.4 Å². The van der Waals surface area contributed by atoms with E-state index in [4.69, 9.17) is 4.74 Å². The second kappa shape index (κ2) is 16.3. The summed E-state index contributed by atoms with van der Waals surface area (Å²) >= 11 is 0. The Labute approximate surface area is 234 Å². The zero-order valence-electron chi connectivity index (χ0n) is 22.9. The van der Waals surface area contributed by atoms with E-state index in [1.54, 1.807) is 36.1 Å². The van der Waals surface area contributed by atoms with Gasteiger partial charge in [0.2, 0.25) is 0 Å². The predicted molar refractivity (Wildman–Crippen MR) is 153 cm³/mol. The molecule has 0 spiro atoms. The minimum Gasteiger partial charge on any atom is -0.503 e. The second-order valence-electron chi connectivity index (χ2n) is 8.83. The average Bonchev–Trinajstić information content (AvgIpc) is 3.14. The number of esters is 1. The summed E-state index contributed by atoms with van der Waals surface area (Å²) in [5.74, 6) is -2.76. The highest BCUT2D eigenvalue weighted by Crippen LogP contribution is 2.16. The van der Waals surface area contributed by atoms with Crippen LogP contribution in [0.2, 0.25) is 0 Å². The molecule has 2 aliphatic rings. The number of piperazine rings is 1. The lowest BCUT2D eigenvalue weighted by Crippen LogP contribution is -2.48. The summed E-state index contributed by atoms with van der Waals surface area (Å²) in [6.07, 6.45) is 14.5. The summed E-state index contributed by atoms with van der Waals surface area (Å²) in [6, 6.07) is 0. The molecule has 0 radical (unpaired) electrons. The maximum absolute atomic E-state index is 13.8. The standard InChI is InChI=1S/C30H35FN4O5/c1-5-9-27(36)29(38)34-18-16-33(17-19-34)22-26(30(39)40-6-2)28(37)35(20-23(3)10-8-15-32-4)21-24-11-7-12-25(31)14-13-24/h5,8-15,22,36H,1,4,6,16-21H2,2-3H3/b15-8-,23-10-,26-22-,27-9-. The smallest absolute Gasteiger partial charge is 0.345 e. The molecule has 1 aliphatic carbocycles. The van der Waals surface area contributed by atoms with Crippen molar-refractivity contribution in [2.75, 3.05) is 45.9 Å². The first kappa shape index (κ1) is 31.5. The van der Waals surface area contributed by atoms with Gasteiger partial charge in [0.25, 0.3) is 11.8 Å². The molecule has 1 fully saturated rings. The normalized spacial score (nSPS) is 16.3. The fourth-order valence-corrected chi connectivity index (χ4v) is 3.81. The highest BCUT2D eigenvalue weighted by molar-refractivity contribution is 6.16. The topological polar surface area (TPSA) is 103 Å². The lowest BCUT2D eigenvalue weighted by molar-refractivity contribution is -0.142. The molecule has 10 heteroatoms. The zero-order chi connectivity index (χ0) is 29.5. The van der Waals surface area contributed by atoms with Crippen molar-refractivity contribution in [2.45, 2.75) is 13.8 Å². The average molecular weight is 551 g/mol. The van der Waals surface area contributed by atoms with Crippen molar-refractivity contribution in [3.05, 3.63) is 102 Å². The molecule has 0 aromatic rings. The first-order valence-electron chi connectivity index (χ1n) is 12.7. The lowest BCUT2D eigenvalue weighted by Gasteiger charge is -2.34. The molecule has 2 rings (SSSR count). The number of amides is 2. The summed E-state index contributed by atoms with van der Waals surface area (Å²) in [5.41, 5.74) is 3.96. The Balaban J connectivity index is 2.35. The van der Waals surface area contributed by atoms with Crippen LogP contribution in [0.3, 0.4) is 0 Å². The monoisotopic (exact) mass is 550 g/mol. The maximum atomic E-state index is 13.8. The van der Waals surface area contributed by atoms with Crippen LogP contribution in [0.1, 0.15) is 13.8 Å². The van der Waals surface area contributed by atoms with E-state index in [9.17, 15) is 23.9 Å². The molecule has 1 saturated heterocycles. The van der Waals surface area contributed by atoms with Gasteiger partial charge in [-0.2, -0.15) is 0 Å². The van der Waals surface area contributed by atoms with Crippen molar-refractivity contribution in [3.63, 3.8) is 0 Å². The number of aliphatic hydroxyl groups is 1. The molecule has 212 valence electrons. The van der Waals surface area contributed by atoms with Crippen molar-refractivity contribution < 1.29 is 28.6 Å². The molecular formula is C30H35FN4O5. The first-order valence-corrected chi connectivity index (χ1v) is 12.7. The van der Waals surface area contributed by atoms with E-state index in [-0.39, 0.29) is 38.4 Å². The molecule has 1 aliphatic heterocycles. The molecule has 1 heterocycles. The van der Waals surface area contributed by atoms with Gasteiger partial charge in [0.15, 0.2) is 5.76 Å². The second-order valence-corrected chi connectivity index (χ2v) is 8.83. The quantitative estimate of drug-likeness (QED) is 0.0581. The van der Waals surface area contributed by atoms with Crippen molar-refractivity contribution in [2.24, 2.45) is 4.99 Å². The van der Waals surface area contributed by atoms with Crippen LogP contribution < -0.4 is 0 Å². The summed E-state index contributed by atoms with van der Waals surface area (Å²) in [7, 11) is 0. The van der Waals surface area contributed by atoms with E-state index in [1.807, 2.05) is 6.92 Å². The van der Waals surface area contributed by atoms with Crippen LogP contribution in [0, 0.1) is 0 Å². The summed E-state index contributed by atoms with van der Waals surface area (Å²) < 4.78 is 18.9. The molecule has 0 saturated carbocycles. The van der Waals surface area contributed by atoms with Crippen LogP contribution in [0.25, 0.3) is 0 Å². The molecule has 1 N–H and O–H groups in total. The van der Waals surface area contributed by atoms with Crippen LogP contribution in [-0.2, 0) is 19.1 Å². The first-order chi connectivity index (χ1) is 19.2. The fourth-order valence-electron chi connectivity index (χ4n) is 3.81. The number of rotatable bonds is 12. The molecule has 0 aromatic carbocycles. The molecule has 0 atom stereocenters. The van der Waals surface area contributed by atoms with Crippen LogP contribution in [0.5, 0.6) is 0 Å². The fraction of sp³-hybridized carbons (Fsp3) is 0.300. The number of aliphatic hydroxyl groups excluding tert-OH is 1. The Morgan fingerprint density at radius 3 is 2.58 bits per heavy atom. The van der Waals surface area contributed by atoms with E-state index in [0.717, 1.165) is 5.57 Å². The third-order valence-corrected chi connectivity index (χ3v) is 5.75. The Morgan fingerprint density at radius 1 is 1.20 bits per heavy atom. The number of hydrogen-bond acceptors (Lipinski definition) is 7. The number of halogens is 1. The van der Waals surface area contributed by atoms with Crippen molar-refractivity contribution in [3.8, 4) is 0 Å². The van der Waals surface area contributed by atoms with Crippen LogP contribution >= 0.6 is 0 Å². The Bertz CT molecular complexity index is 1240. The van der Waals surface area contributed by atoms with Gasteiger partial charge >= 0.3 is 5.97 Å². The predicted octanol–water partition coefficient (Wildman–Crippen LogP) is 3.70. The van der Waals surface area contributed by atoms with Gasteiger partial charge in [-0.25, -0.2) is 9.18 Å². The van der Waals surface area contributed by atoms with Gasteiger partial charge in [0.1, 0.15) is 11.4 Å². The van der Waals surface area contributed by atoms with Crippen molar-refractivity contribution in [1.29, 1.82) is 0 Å². The largest absolute Gasteiger partial charge is 0.503 e. The molecule has 0 unspecified atom stereocenters. The van der Waals surface area contributed by atoms with Gasteiger partial charge in [-0.3, -0.25) is 14.6 Å². The minimum atomic E-state index is -0.781.